The zero-order valence-corrected chi connectivity index (χ0v) is 18.0. The van der Waals surface area contributed by atoms with Gasteiger partial charge in [-0.2, -0.15) is 0 Å². The fourth-order valence-corrected chi connectivity index (χ4v) is 5.00. The van der Waals surface area contributed by atoms with Gasteiger partial charge in [-0.05, 0) is 29.3 Å². The van der Waals surface area contributed by atoms with Gasteiger partial charge in [-0.25, -0.2) is 0 Å². The number of piperazine rings is 1. The molecule has 5 rings (SSSR count). The third-order valence-electron chi connectivity index (χ3n) is 6.44. The monoisotopic (exact) mass is 435 g/mol. The van der Waals surface area contributed by atoms with Crippen molar-refractivity contribution in [2.24, 2.45) is 0 Å². The van der Waals surface area contributed by atoms with E-state index in [-0.39, 0.29) is 31.5 Å². The molecule has 1 saturated heterocycles. The van der Waals surface area contributed by atoms with Crippen molar-refractivity contribution in [2.45, 2.75) is 18.5 Å². The van der Waals surface area contributed by atoms with E-state index in [0.717, 1.165) is 27.7 Å². The molecule has 2 aliphatic heterocycles. The number of H-pyrrole nitrogens is 1. The largest absolute Gasteiger partial charge is 0.493 e. The Kier molecular flexibility index (Phi) is 5.01. The summed E-state index contributed by atoms with van der Waals surface area (Å²) >= 11 is 0. The number of amides is 2. The number of fused-ring (bicyclic) bond motifs is 4. The molecular weight excluding hydrogens is 410 g/mol. The van der Waals surface area contributed by atoms with E-state index in [2.05, 4.69) is 4.98 Å². The summed E-state index contributed by atoms with van der Waals surface area (Å²) in [4.78, 5) is 33.3. The van der Waals surface area contributed by atoms with Gasteiger partial charge in [-0.15, -0.1) is 0 Å². The van der Waals surface area contributed by atoms with Gasteiger partial charge in [0.15, 0.2) is 11.5 Å². The number of nitrogens with one attached hydrogen (secondary N) is 1. The Labute approximate surface area is 185 Å². The quantitative estimate of drug-likeness (QED) is 0.638. The van der Waals surface area contributed by atoms with E-state index >= 15 is 0 Å². The second-order valence-corrected chi connectivity index (χ2v) is 8.08. The number of aromatic nitrogens is 1. The first-order chi connectivity index (χ1) is 15.6. The van der Waals surface area contributed by atoms with E-state index in [1.807, 2.05) is 42.5 Å². The van der Waals surface area contributed by atoms with Gasteiger partial charge in [0, 0.05) is 29.6 Å². The van der Waals surface area contributed by atoms with E-state index in [0.29, 0.717) is 17.9 Å². The van der Waals surface area contributed by atoms with E-state index in [9.17, 15) is 14.7 Å². The highest BCUT2D eigenvalue weighted by molar-refractivity contribution is 5.97. The first-order valence-corrected chi connectivity index (χ1v) is 10.6. The Bertz CT molecular complexity index is 1200. The molecule has 2 aliphatic rings. The Hall–Kier alpha value is -3.52. The van der Waals surface area contributed by atoms with Crippen molar-refractivity contribution in [3.05, 3.63) is 59.3 Å². The summed E-state index contributed by atoms with van der Waals surface area (Å²) in [5.41, 5.74) is 3.74. The Morgan fingerprint density at radius 2 is 1.88 bits per heavy atom. The molecular formula is C24H25N3O5. The molecule has 0 bridgehead atoms. The molecule has 0 saturated carbocycles. The Balaban J connectivity index is 1.71. The third kappa shape index (κ3) is 3.02. The van der Waals surface area contributed by atoms with Gasteiger partial charge in [0.1, 0.15) is 6.04 Å². The van der Waals surface area contributed by atoms with Crippen LogP contribution < -0.4 is 9.47 Å². The van der Waals surface area contributed by atoms with Gasteiger partial charge in [-0.3, -0.25) is 9.59 Å². The minimum atomic E-state index is -0.632. The molecule has 2 atom stereocenters. The molecule has 1 aromatic heterocycles. The maximum absolute atomic E-state index is 13.3. The van der Waals surface area contributed by atoms with Crippen LogP contribution in [0.15, 0.2) is 42.5 Å². The molecule has 3 aromatic rings. The molecule has 0 radical (unpaired) electrons. The molecule has 0 spiro atoms. The number of rotatable bonds is 5. The highest BCUT2D eigenvalue weighted by Gasteiger charge is 2.48. The van der Waals surface area contributed by atoms with Crippen molar-refractivity contribution in [1.82, 2.24) is 14.8 Å². The van der Waals surface area contributed by atoms with Gasteiger partial charge in [0.05, 0.1) is 33.4 Å². The number of nitrogens with zero attached hydrogens (tertiary/aromatic N) is 2. The minimum Gasteiger partial charge on any atom is -0.493 e. The Morgan fingerprint density at radius 3 is 2.62 bits per heavy atom. The summed E-state index contributed by atoms with van der Waals surface area (Å²) in [7, 11) is 3.15. The zero-order valence-electron chi connectivity index (χ0n) is 18.0. The van der Waals surface area contributed by atoms with Crippen LogP contribution in [-0.4, -0.2) is 71.7 Å². The summed E-state index contributed by atoms with van der Waals surface area (Å²) in [6, 6.07) is 12.4. The van der Waals surface area contributed by atoms with Crippen LogP contribution in [0.5, 0.6) is 11.5 Å². The number of carbonyl (C=O) groups excluding carboxylic acids is 2. The summed E-state index contributed by atoms with van der Waals surface area (Å²) in [5.74, 6) is 0.866. The number of β-amino-alcohol motifs (C(OH)–C–C–N with tert-alkyl or cyclic N) is 1. The molecule has 3 heterocycles. The fourth-order valence-electron chi connectivity index (χ4n) is 5.00. The van der Waals surface area contributed by atoms with Gasteiger partial charge in [-0.1, -0.05) is 24.3 Å². The normalized spacial score (nSPS) is 20.3. The van der Waals surface area contributed by atoms with Crippen molar-refractivity contribution in [1.29, 1.82) is 0 Å². The maximum atomic E-state index is 13.3. The molecule has 0 aliphatic carbocycles. The number of aliphatic hydroxyl groups is 1. The second-order valence-electron chi connectivity index (χ2n) is 8.08. The van der Waals surface area contributed by atoms with Gasteiger partial charge >= 0.3 is 0 Å². The molecule has 2 aromatic carbocycles. The summed E-state index contributed by atoms with van der Waals surface area (Å²) in [6.45, 7) is -0.0743. The lowest BCUT2D eigenvalue weighted by Gasteiger charge is -2.47. The number of hydrogen-bond donors (Lipinski definition) is 2. The summed E-state index contributed by atoms with van der Waals surface area (Å²) in [5, 5.41) is 10.4. The molecule has 1 fully saturated rings. The number of ether oxygens (including phenoxy) is 2. The molecule has 2 amide bonds. The lowest BCUT2D eigenvalue weighted by Crippen LogP contribution is -2.63. The van der Waals surface area contributed by atoms with Crippen LogP contribution in [-0.2, 0) is 16.0 Å². The van der Waals surface area contributed by atoms with Gasteiger partial charge in [0.25, 0.3) is 0 Å². The smallest absolute Gasteiger partial charge is 0.246 e. The zero-order chi connectivity index (χ0) is 22.4. The minimum absolute atomic E-state index is 0.0464. The van der Waals surface area contributed by atoms with Crippen molar-refractivity contribution < 1.29 is 24.2 Å². The van der Waals surface area contributed by atoms with Crippen molar-refractivity contribution >= 4 is 22.7 Å². The first-order valence-electron chi connectivity index (χ1n) is 10.6. The lowest BCUT2D eigenvalue weighted by atomic mass is 9.86. The highest BCUT2D eigenvalue weighted by Crippen LogP contribution is 2.44. The molecule has 8 heteroatoms. The predicted octanol–water partition coefficient (Wildman–Crippen LogP) is 1.86. The van der Waals surface area contributed by atoms with Crippen LogP contribution in [0.1, 0.15) is 22.9 Å². The van der Waals surface area contributed by atoms with E-state index < -0.39 is 12.1 Å². The van der Waals surface area contributed by atoms with Crippen LogP contribution in [0.3, 0.4) is 0 Å². The number of aromatic amines is 1. The predicted molar refractivity (Wildman–Crippen MR) is 118 cm³/mol. The summed E-state index contributed by atoms with van der Waals surface area (Å²) < 4.78 is 10.9. The van der Waals surface area contributed by atoms with Crippen LogP contribution in [0.4, 0.5) is 0 Å². The average Bonchev–Trinajstić information content (AvgIpc) is 3.19. The number of benzene rings is 2. The second kappa shape index (κ2) is 7.87. The van der Waals surface area contributed by atoms with Crippen LogP contribution in [0.25, 0.3) is 10.9 Å². The van der Waals surface area contributed by atoms with Crippen molar-refractivity contribution in [3.8, 4) is 11.5 Å². The fraction of sp³-hybridized carbons (Fsp3) is 0.333. The number of para-hydroxylation sites is 1. The molecule has 32 heavy (non-hydrogen) atoms. The van der Waals surface area contributed by atoms with Crippen LogP contribution >= 0.6 is 0 Å². The third-order valence-corrected chi connectivity index (χ3v) is 6.44. The molecule has 2 N–H and O–H groups in total. The van der Waals surface area contributed by atoms with Crippen LogP contribution in [0.2, 0.25) is 0 Å². The Morgan fingerprint density at radius 1 is 1.09 bits per heavy atom. The van der Waals surface area contributed by atoms with Gasteiger partial charge < -0.3 is 29.4 Å². The number of carbonyl (C=O) groups is 2. The molecule has 8 nitrogen and oxygen atoms in total. The number of hydrogen-bond acceptors (Lipinski definition) is 5. The van der Waals surface area contributed by atoms with E-state index in [1.54, 1.807) is 19.1 Å². The highest BCUT2D eigenvalue weighted by atomic mass is 16.5. The first kappa shape index (κ1) is 20.4. The maximum Gasteiger partial charge on any atom is 0.246 e. The summed E-state index contributed by atoms with van der Waals surface area (Å²) in [6.07, 6.45) is 0.426. The molecule has 1 unspecified atom stereocenters. The van der Waals surface area contributed by atoms with Gasteiger partial charge in [0.2, 0.25) is 11.8 Å². The number of methoxy groups -OCH3 is 2. The molecule has 166 valence electrons. The van der Waals surface area contributed by atoms with Crippen molar-refractivity contribution in [2.75, 3.05) is 33.9 Å². The van der Waals surface area contributed by atoms with Crippen LogP contribution in [0, 0.1) is 0 Å². The average molecular weight is 435 g/mol. The van der Waals surface area contributed by atoms with Crippen molar-refractivity contribution in [3.63, 3.8) is 0 Å². The number of aliphatic hydroxyl groups excluding tert-OH is 1. The van der Waals surface area contributed by atoms with E-state index in [1.165, 1.54) is 4.90 Å². The standard InChI is InChI=1S/C24H25N3O5/c1-31-19-8-7-14(11-20(19)32-2)23-22-16(15-5-3-4-6-17(15)25-22)12-18-24(30)26(9-10-28)13-21(29)27(18)23/h3-8,11,18,23,25,28H,9-10,12-13H2,1-2H3/t18-,23?/m0/s1. The topological polar surface area (TPSA) is 95.1 Å². The lowest BCUT2D eigenvalue weighted by molar-refractivity contribution is -0.159. The SMILES string of the molecule is COc1ccc(C2c3[nH]c4ccccc4c3C[C@H]3C(=O)N(CCO)CC(=O)N23)cc1OC. The van der Waals surface area contributed by atoms with E-state index in [4.69, 9.17) is 9.47 Å².